The summed E-state index contributed by atoms with van der Waals surface area (Å²) < 4.78 is 8.62. The molecule has 0 bridgehead atoms. The third-order valence-corrected chi connectivity index (χ3v) is 12.5. The Balaban J connectivity index is 0.914. The van der Waals surface area contributed by atoms with Gasteiger partial charge in [-0.05, 0) is 149 Å². The van der Waals surface area contributed by atoms with Gasteiger partial charge in [0.1, 0.15) is 11.4 Å². The Bertz CT molecular complexity index is 3040. The highest BCUT2D eigenvalue weighted by Crippen LogP contribution is 2.48. The number of phenolic OH excluding ortho intramolecular Hbond substituents is 1. The summed E-state index contributed by atoms with van der Waals surface area (Å²) in [6.45, 7) is 4.34. The number of benzene rings is 6. The number of rotatable bonds is 6. The molecule has 1 spiro atoms. The van der Waals surface area contributed by atoms with Crippen LogP contribution in [0.5, 0.6) is 17.5 Å². The first-order valence-corrected chi connectivity index (χ1v) is 20.1. The fourth-order valence-corrected chi connectivity index (χ4v) is 9.88. The van der Waals surface area contributed by atoms with Gasteiger partial charge >= 0.3 is 0 Å². The molecular weight excluding hydrogens is 711 g/mol. The van der Waals surface area contributed by atoms with Crippen LogP contribution in [0.25, 0.3) is 61.1 Å². The molecular formula is C53H41N3O2. The third kappa shape index (κ3) is 5.77. The van der Waals surface area contributed by atoms with Crippen molar-refractivity contribution in [2.24, 2.45) is 5.41 Å². The zero-order chi connectivity index (χ0) is 39.0. The van der Waals surface area contributed by atoms with Crippen molar-refractivity contribution in [3.8, 4) is 56.7 Å². The summed E-state index contributed by atoms with van der Waals surface area (Å²) in [5, 5.41) is 13.3. The van der Waals surface area contributed by atoms with Gasteiger partial charge in [0.15, 0.2) is 0 Å². The second-order valence-electron chi connectivity index (χ2n) is 16.3. The molecule has 5 nitrogen and oxygen atoms in total. The van der Waals surface area contributed by atoms with Gasteiger partial charge in [-0.2, -0.15) is 4.98 Å². The van der Waals surface area contributed by atoms with E-state index in [0.29, 0.717) is 23.0 Å². The zero-order valence-corrected chi connectivity index (χ0v) is 32.5. The summed E-state index contributed by atoms with van der Waals surface area (Å²) in [6, 6.07) is 54.8. The molecule has 0 amide bonds. The van der Waals surface area contributed by atoms with Crippen LogP contribution in [0.2, 0.25) is 0 Å². The van der Waals surface area contributed by atoms with Crippen molar-refractivity contribution < 1.29 is 9.84 Å². The molecule has 3 aromatic heterocycles. The van der Waals surface area contributed by atoms with Crippen LogP contribution in [0, 0.1) is 19.3 Å². The zero-order valence-electron chi connectivity index (χ0n) is 32.5. The predicted octanol–water partition coefficient (Wildman–Crippen LogP) is 12.6. The molecule has 0 fully saturated rings. The predicted molar refractivity (Wildman–Crippen MR) is 234 cm³/mol. The molecule has 9 aromatic rings. The van der Waals surface area contributed by atoms with Gasteiger partial charge in [0.2, 0.25) is 11.8 Å². The van der Waals surface area contributed by atoms with Crippen LogP contribution >= 0.6 is 0 Å². The lowest BCUT2D eigenvalue weighted by Crippen LogP contribution is -2.21. The highest BCUT2D eigenvalue weighted by molar-refractivity contribution is 6.09. The molecule has 6 aromatic carbocycles. The summed E-state index contributed by atoms with van der Waals surface area (Å²) in [5.41, 5.74) is 17.5. The van der Waals surface area contributed by atoms with Crippen LogP contribution in [-0.2, 0) is 25.7 Å². The molecule has 280 valence electrons. The lowest BCUT2D eigenvalue weighted by Gasteiger charge is -2.21. The molecule has 2 aliphatic rings. The molecule has 11 rings (SSSR count). The topological polar surface area (TPSA) is 60.2 Å². The van der Waals surface area contributed by atoms with Crippen LogP contribution in [-0.4, -0.2) is 19.6 Å². The van der Waals surface area contributed by atoms with E-state index in [9.17, 15) is 5.11 Å². The average Bonchev–Trinajstić information content (AvgIpc) is 3.89. The van der Waals surface area contributed by atoms with Crippen molar-refractivity contribution in [3.63, 3.8) is 0 Å². The molecule has 5 heteroatoms. The van der Waals surface area contributed by atoms with Crippen LogP contribution in [0.15, 0.2) is 158 Å². The summed E-state index contributed by atoms with van der Waals surface area (Å²) in [6.07, 6.45) is 4.52. The lowest BCUT2D eigenvalue weighted by atomic mass is 9.82. The number of fused-ring (bicyclic) bond motifs is 5. The average molecular weight is 752 g/mol. The van der Waals surface area contributed by atoms with E-state index in [2.05, 4.69) is 115 Å². The first kappa shape index (κ1) is 34.3. The Labute approximate surface area is 337 Å². The molecule has 0 saturated carbocycles. The molecule has 3 heterocycles. The van der Waals surface area contributed by atoms with Crippen molar-refractivity contribution in [1.29, 1.82) is 0 Å². The number of hydrogen-bond acceptors (Lipinski definition) is 4. The largest absolute Gasteiger partial charge is 0.507 e. The monoisotopic (exact) mass is 751 g/mol. The number of pyridine rings is 2. The van der Waals surface area contributed by atoms with Crippen molar-refractivity contribution in [3.05, 3.63) is 191 Å². The van der Waals surface area contributed by atoms with Crippen LogP contribution in [0.4, 0.5) is 0 Å². The standard InChI is InChI=1S/C53H41N3O2/c1-33-10-8-11-34(2)51(33)37-20-23-47-44(28-37)43-22-25-50(55-52(43)56(47)42-14-4-3-5-15-42)58-49-17-9-16-46(54-49)45-27-36(21-24-48(45)57)35-18-19-40-31-53(32-41(40)26-35)29-38-12-6-7-13-39(38)30-53/h3-28,57H,29-32H2,1-2H3. The second-order valence-corrected chi connectivity index (χ2v) is 16.3. The first-order chi connectivity index (χ1) is 28.4. The minimum absolute atomic E-state index is 0.171. The summed E-state index contributed by atoms with van der Waals surface area (Å²) in [7, 11) is 0. The molecule has 0 saturated heterocycles. The van der Waals surface area contributed by atoms with Gasteiger partial charge in [-0.25, -0.2) is 4.98 Å². The molecule has 0 atom stereocenters. The Hall–Kier alpha value is -6.98. The molecule has 1 N–H and O–H groups in total. The number of aryl methyl sites for hydroxylation is 2. The van der Waals surface area contributed by atoms with Gasteiger partial charge in [0.25, 0.3) is 0 Å². The summed E-state index contributed by atoms with van der Waals surface area (Å²) in [4.78, 5) is 10.0. The van der Waals surface area contributed by atoms with Crippen molar-refractivity contribution in [2.45, 2.75) is 39.5 Å². The van der Waals surface area contributed by atoms with E-state index in [4.69, 9.17) is 14.7 Å². The normalized spacial score (nSPS) is 14.0. The van der Waals surface area contributed by atoms with E-state index in [1.165, 1.54) is 44.5 Å². The minimum Gasteiger partial charge on any atom is -0.507 e. The van der Waals surface area contributed by atoms with Crippen LogP contribution in [0.1, 0.15) is 33.4 Å². The lowest BCUT2D eigenvalue weighted by molar-refractivity contribution is 0.326. The minimum atomic E-state index is 0.171. The Kier molecular flexibility index (Phi) is 7.87. The maximum Gasteiger partial charge on any atom is 0.223 e. The second kappa shape index (κ2) is 13.3. The van der Waals surface area contributed by atoms with Gasteiger partial charge in [0.05, 0.1) is 11.2 Å². The molecule has 0 aliphatic heterocycles. The fourth-order valence-electron chi connectivity index (χ4n) is 9.88. The summed E-state index contributed by atoms with van der Waals surface area (Å²) in [5.74, 6) is 1.00. The maximum absolute atomic E-state index is 11.1. The van der Waals surface area contributed by atoms with Gasteiger partial charge in [-0.15, -0.1) is 0 Å². The fraction of sp³-hybridized carbons (Fsp3) is 0.132. The quantitative estimate of drug-likeness (QED) is 0.184. The van der Waals surface area contributed by atoms with Gasteiger partial charge in [-0.1, -0.05) is 97.1 Å². The van der Waals surface area contributed by atoms with E-state index in [1.54, 1.807) is 6.07 Å². The van der Waals surface area contributed by atoms with Crippen LogP contribution < -0.4 is 4.74 Å². The Morgan fingerprint density at radius 1 is 0.534 bits per heavy atom. The Morgan fingerprint density at radius 3 is 1.98 bits per heavy atom. The van der Waals surface area contributed by atoms with Crippen molar-refractivity contribution in [1.82, 2.24) is 14.5 Å². The van der Waals surface area contributed by atoms with E-state index in [0.717, 1.165) is 64.4 Å². The third-order valence-electron chi connectivity index (χ3n) is 12.5. The van der Waals surface area contributed by atoms with Gasteiger partial charge in [0, 0.05) is 34.2 Å². The van der Waals surface area contributed by atoms with E-state index in [-0.39, 0.29) is 11.2 Å². The van der Waals surface area contributed by atoms with Crippen molar-refractivity contribution >= 4 is 21.9 Å². The van der Waals surface area contributed by atoms with E-state index in [1.807, 2.05) is 54.6 Å². The molecule has 0 unspecified atom stereocenters. The molecule has 2 aliphatic carbocycles. The van der Waals surface area contributed by atoms with Gasteiger partial charge in [-0.3, -0.25) is 4.57 Å². The smallest absolute Gasteiger partial charge is 0.223 e. The van der Waals surface area contributed by atoms with Gasteiger partial charge < -0.3 is 9.84 Å². The molecule has 58 heavy (non-hydrogen) atoms. The first-order valence-electron chi connectivity index (χ1n) is 20.1. The Morgan fingerprint density at radius 2 is 1.19 bits per heavy atom. The maximum atomic E-state index is 11.1. The number of aromatic hydroxyl groups is 1. The highest BCUT2D eigenvalue weighted by atomic mass is 16.5. The number of ether oxygens (including phenoxy) is 1. The number of nitrogens with zero attached hydrogens (tertiary/aromatic N) is 3. The number of aromatic nitrogens is 3. The van der Waals surface area contributed by atoms with Crippen LogP contribution in [0.3, 0.4) is 0 Å². The summed E-state index contributed by atoms with van der Waals surface area (Å²) >= 11 is 0. The van der Waals surface area contributed by atoms with E-state index >= 15 is 0 Å². The van der Waals surface area contributed by atoms with Crippen molar-refractivity contribution in [2.75, 3.05) is 0 Å². The number of hydrogen-bond donors (Lipinski definition) is 1. The SMILES string of the molecule is Cc1cccc(C)c1-c1ccc2c(c1)c1ccc(Oc3cccc(-c4cc(-c5ccc6c(c5)CC5(Cc7ccccc7C5)C6)ccc4O)n3)nc1n2-c1ccccc1. The number of para-hydroxylation sites is 1. The molecule has 0 radical (unpaired) electrons. The van der Waals surface area contributed by atoms with E-state index < -0.39 is 0 Å². The highest BCUT2D eigenvalue weighted by Gasteiger charge is 2.42. The number of phenols is 1.